The molecule has 2 aromatic rings. The Morgan fingerprint density at radius 2 is 2.15 bits per heavy atom. The highest BCUT2D eigenvalue weighted by atomic mass is 16.5. The van der Waals surface area contributed by atoms with E-state index in [2.05, 4.69) is 53.7 Å². The molecular weight excluding hydrogens is 328 g/mol. The lowest BCUT2D eigenvalue weighted by Gasteiger charge is -2.29. The first-order valence-electron chi connectivity index (χ1n) is 9.30. The van der Waals surface area contributed by atoms with E-state index in [1.165, 1.54) is 5.56 Å². The van der Waals surface area contributed by atoms with Gasteiger partial charge in [0, 0.05) is 36.3 Å². The summed E-state index contributed by atoms with van der Waals surface area (Å²) >= 11 is 0. The summed E-state index contributed by atoms with van der Waals surface area (Å²) < 4.78 is 6.09. The van der Waals surface area contributed by atoms with Gasteiger partial charge in [-0.1, -0.05) is 32.9 Å². The van der Waals surface area contributed by atoms with Crippen LogP contribution in [-0.2, 0) is 11.2 Å². The summed E-state index contributed by atoms with van der Waals surface area (Å²) in [5, 5.41) is 13.4. The third-order valence-electron chi connectivity index (χ3n) is 5.81. The first kappa shape index (κ1) is 17.2. The normalized spacial score (nSPS) is 27.2. The molecule has 1 amide bonds. The van der Waals surface area contributed by atoms with E-state index in [4.69, 9.17) is 4.74 Å². The van der Waals surface area contributed by atoms with Crippen LogP contribution in [0.1, 0.15) is 48.4 Å². The number of anilines is 1. The molecule has 2 bridgehead atoms. The molecule has 138 valence electrons. The second-order valence-corrected chi connectivity index (χ2v) is 7.84. The summed E-state index contributed by atoms with van der Waals surface area (Å²) in [4.78, 5) is 12.3. The first-order valence-corrected chi connectivity index (χ1v) is 9.30. The van der Waals surface area contributed by atoms with Crippen molar-refractivity contribution in [1.29, 1.82) is 0 Å². The van der Waals surface area contributed by atoms with Crippen LogP contribution in [0.2, 0.25) is 0 Å². The average molecular weight is 354 g/mol. The molecule has 3 heterocycles. The lowest BCUT2D eigenvalue weighted by molar-refractivity contribution is -0.0189. The van der Waals surface area contributed by atoms with Crippen molar-refractivity contribution in [2.75, 3.05) is 18.5 Å². The number of morpholine rings is 1. The van der Waals surface area contributed by atoms with E-state index in [0.29, 0.717) is 23.6 Å². The molecule has 6 nitrogen and oxygen atoms in total. The van der Waals surface area contributed by atoms with Gasteiger partial charge in [0.25, 0.3) is 5.91 Å². The maximum absolute atomic E-state index is 12.3. The Bertz CT molecular complexity index is 788. The van der Waals surface area contributed by atoms with E-state index in [1.807, 2.05) is 12.1 Å². The van der Waals surface area contributed by atoms with E-state index in [-0.39, 0.29) is 11.5 Å². The minimum absolute atomic E-state index is 0.0856. The fourth-order valence-electron chi connectivity index (χ4n) is 3.92. The van der Waals surface area contributed by atoms with Crippen LogP contribution in [0, 0.1) is 5.92 Å². The van der Waals surface area contributed by atoms with Crippen molar-refractivity contribution in [2.45, 2.75) is 44.8 Å². The minimum Gasteiger partial charge on any atom is -0.371 e. The zero-order chi connectivity index (χ0) is 18.3. The number of aromatic amines is 1. The van der Waals surface area contributed by atoms with E-state index in [9.17, 15) is 4.79 Å². The SMILES string of the molecule is CC(C)c1cc(C(=O)Nc2ccc(C[C@]34CN[C@H](CO3)[C@H]4C)cc2)n[nH]1. The Morgan fingerprint density at radius 1 is 1.38 bits per heavy atom. The molecule has 0 spiro atoms. The number of amides is 1. The van der Waals surface area contributed by atoms with Crippen LogP contribution in [0.5, 0.6) is 0 Å². The highest BCUT2D eigenvalue weighted by molar-refractivity contribution is 6.02. The van der Waals surface area contributed by atoms with Crippen LogP contribution in [0.25, 0.3) is 0 Å². The summed E-state index contributed by atoms with van der Waals surface area (Å²) in [5.74, 6) is 0.638. The number of benzene rings is 1. The number of nitrogens with zero attached hydrogens (tertiary/aromatic N) is 1. The van der Waals surface area contributed by atoms with Crippen LogP contribution in [0.15, 0.2) is 30.3 Å². The number of carbonyl (C=O) groups excluding carboxylic acids is 1. The summed E-state index contributed by atoms with van der Waals surface area (Å²) in [6.45, 7) is 8.10. The Hall–Kier alpha value is -2.18. The molecule has 2 fully saturated rings. The van der Waals surface area contributed by atoms with E-state index in [0.717, 1.165) is 31.0 Å². The number of aromatic nitrogens is 2. The van der Waals surface area contributed by atoms with Crippen LogP contribution in [0.4, 0.5) is 5.69 Å². The highest BCUT2D eigenvalue weighted by Gasteiger charge is 2.52. The lowest BCUT2D eigenvalue weighted by Crippen LogP contribution is -2.41. The quantitative estimate of drug-likeness (QED) is 0.771. The lowest BCUT2D eigenvalue weighted by atomic mass is 9.85. The van der Waals surface area contributed by atoms with Gasteiger partial charge in [0.1, 0.15) is 0 Å². The van der Waals surface area contributed by atoms with Crippen molar-refractivity contribution in [3.8, 4) is 0 Å². The largest absolute Gasteiger partial charge is 0.371 e. The summed E-state index contributed by atoms with van der Waals surface area (Å²) in [7, 11) is 0. The van der Waals surface area contributed by atoms with Gasteiger partial charge in [0.05, 0.1) is 12.2 Å². The topological polar surface area (TPSA) is 79.0 Å². The number of fused-ring (bicyclic) bond motifs is 2. The summed E-state index contributed by atoms with van der Waals surface area (Å²) in [6.07, 6.45) is 0.892. The van der Waals surface area contributed by atoms with Gasteiger partial charge in [-0.05, 0) is 29.7 Å². The number of hydrogen-bond acceptors (Lipinski definition) is 4. The van der Waals surface area contributed by atoms with Gasteiger partial charge in [0.15, 0.2) is 5.69 Å². The standard InChI is InChI=1S/C20H26N4O2/c1-12(2)16-8-17(24-23-16)19(25)22-15-6-4-14(5-7-15)9-20-11-21-18(10-26-20)13(20)3/h4-8,12-13,18,21H,9-11H2,1-3H3,(H,22,25)(H,23,24)/t13-,18-,20-/m1/s1. The van der Waals surface area contributed by atoms with E-state index >= 15 is 0 Å². The maximum Gasteiger partial charge on any atom is 0.276 e. The van der Waals surface area contributed by atoms with Crippen LogP contribution in [0.3, 0.4) is 0 Å². The average Bonchev–Trinajstić information content (AvgIpc) is 3.31. The number of nitrogens with one attached hydrogen (secondary N) is 3. The van der Waals surface area contributed by atoms with Crippen LogP contribution >= 0.6 is 0 Å². The third kappa shape index (κ3) is 3.04. The molecular formula is C20H26N4O2. The predicted octanol–water partition coefficient (Wildman–Crippen LogP) is 2.70. The van der Waals surface area contributed by atoms with Gasteiger partial charge in [-0.25, -0.2) is 0 Å². The minimum atomic E-state index is -0.199. The van der Waals surface area contributed by atoms with Gasteiger partial charge in [-0.15, -0.1) is 0 Å². The summed E-state index contributed by atoms with van der Waals surface area (Å²) in [5.41, 5.74) is 3.28. The van der Waals surface area contributed by atoms with Crippen molar-refractivity contribution in [1.82, 2.24) is 15.5 Å². The van der Waals surface area contributed by atoms with Crippen molar-refractivity contribution in [3.63, 3.8) is 0 Å². The molecule has 0 aliphatic carbocycles. The molecule has 3 N–H and O–H groups in total. The van der Waals surface area contributed by atoms with Gasteiger partial charge < -0.3 is 15.4 Å². The molecule has 1 aromatic carbocycles. The fraction of sp³-hybridized carbons (Fsp3) is 0.500. The molecule has 1 aromatic heterocycles. The number of carbonyl (C=O) groups is 1. The van der Waals surface area contributed by atoms with Crippen LogP contribution < -0.4 is 10.6 Å². The van der Waals surface area contributed by atoms with Crippen LogP contribution in [-0.4, -0.2) is 40.9 Å². The van der Waals surface area contributed by atoms with Crippen molar-refractivity contribution >= 4 is 11.6 Å². The molecule has 6 heteroatoms. The highest BCUT2D eigenvalue weighted by Crippen LogP contribution is 2.39. The number of hydrogen-bond donors (Lipinski definition) is 3. The van der Waals surface area contributed by atoms with Gasteiger partial charge >= 0.3 is 0 Å². The molecule has 26 heavy (non-hydrogen) atoms. The van der Waals surface area contributed by atoms with Gasteiger partial charge in [-0.3, -0.25) is 9.89 Å². The second-order valence-electron chi connectivity index (χ2n) is 7.84. The predicted molar refractivity (Wildman–Crippen MR) is 100 cm³/mol. The van der Waals surface area contributed by atoms with E-state index < -0.39 is 0 Å². The number of ether oxygens (including phenoxy) is 1. The fourth-order valence-corrected chi connectivity index (χ4v) is 3.92. The molecule has 4 rings (SSSR count). The van der Waals surface area contributed by atoms with Crippen molar-refractivity contribution < 1.29 is 9.53 Å². The molecule has 2 aliphatic rings. The molecule has 3 atom stereocenters. The third-order valence-corrected chi connectivity index (χ3v) is 5.81. The zero-order valence-corrected chi connectivity index (χ0v) is 15.5. The van der Waals surface area contributed by atoms with Crippen molar-refractivity contribution in [3.05, 3.63) is 47.3 Å². The first-order chi connectivity index (χ1) is 12.5. The maximum atomic E-state index is 12.3. The smallest absolute Gasteiger partial charge is 0.276 e. The zero-order valence-electron chi connectivity index (χ0n) is 15.5. The Kier molecular flexibility index (Phi) is 4.32. The second kappa shape index (κ2) is 6.52. The van der Waals surface area contributed by atoms with Crippen molar-refractivity contribution in [2.24, 2.45) is 5.92 Å². The molecule has 0 saturated carbocycles. The monoisotopic (exact) mass is 354 g/mol. The molecule has 2 aliphatic heterocycles. The number of rotatable bonds is 5. The molecule has 0 unspecified atom stereocenters. The van der Waals surface area contributed by atoms with Gasteiger partial charge in [0.2, 0.25) is 0 Å². The van der Waals surface area contributed by atoms with Gasteiger partial charge in [-0.2, -0.15) is 5.10 Å². The van der Waals surface area contributed by atoms with E-state index in [1.54, 1.807) is 6.07 Å². The summed E-state index contributed by atoms with van der Waals surface area (Å²) in [6, 6.07) is 10.3. The Labute approximate surface area is 153 Å². The Balaban J connectivity index is 1.40. The number of H-pyrrole nitrogens is 1. The molecule has 2 saturated heterocycles. The Morgan fingerprint density at radius 3 is 2.69 bits per heavy atom. The molecule has 0 radical (unpaired) electrons.